The van der Waals surface area contributed by atoms with Crippen molar-refractivity contribution in [3.05, 3.63) is 0 Å². The van der Waals surface area contributed by atoms with Gasteiger partial charge in [-0.3, -0.25) is 9.59 Å². The average Bonchev–Trinajstić information content (AvgIpc) is 2.47. The number of piperidine rings is 1. The zero-order valence-corrected chi connectivity index (χ0v) is 13.1. The molecular weight excluding hydrogens is 290 g/mol. The molecule has 0 aromatic carbocycles. The number of aliphatic carboxylic acids is 1. The van der Waals surface area contributed by atoms with Gasteiger partial charge in [-0.1, -0.05) is 0 Å². The number of likely N-dealkylation sites (tertiary alicyclic amines) is 1. The van der Waals surface area contributed by atoms with E-state index in [1.54, 1.807) is 12.0 Å². The molecule has 2 unspecified atom stereocenters. The Bertz CT molecular complexity index is 402. The monoisotopic (exact) mass is 315 g/mol. The van der Waals surface area contributed by atoms with Gasteiger partial charge >= 0.3 is 12.0 Å². The lowest BCUT2D eigenvalue weighted by atomic mass is 9.93. The van der Waals surface area contributed by atoms with Gasteiger partial charge in [0.1, 0.15) is 0 Å². The zero-order chi connectivity index (χ0) is 16.5. The third-order valence-electron chi connectivity index (χ3n) is 3.73. The van der Waals surface area contributed by atoms with Crippen LogP contribution in [0.15, 0.2) is 0 Å². The summed E-state index contributed by atoms with van der Waals surface area (Å²) in [4.78, 5) is 36.2. The van der Waals surface area contributed by atoms with Gasteiger partial charge in [-0.2, -0.15) is 0 Å². The number of urea groups is 1. The standard InChI is InChI=1S/C14H25N3O5/c1-10-3-4-11(13(20)15-7-8-22-2)9-17(10)14(21)16-6-5-12(18)19/h10-11H,3-9H2,1-2H3,(H,15,20)(H,16,21)(H,18,19). The Morgan fingerprint density at radius 2 is 1.95 bits per heavy atom. The molecule has 1 fully saturated rings. The third-order valence-corrected chi connectivity index (χ3v) is 3.73. The maximum Gasteiger partial charge on any atom is 0.317 e. The zero-order valence-electron chi connectivity index (χ0n) is 13.1. The molecule has 0 aliphatic carbocycles. The van der Waals surface area contributed by atoms with Gasteiger partial charge in [0.2, 0.25) is 5.91 Å². The van der Waals surface area contributed by atoms with E-state index in [4.69, 9.17) is 9.84 Å². The lowest BCUT2D eigenvalue weighted by Crippen LogP contribution is -2.53. The highest BCUT2D eigenvalue weighted by Crippen LogP contribution is 2.22. The fourth-order valence-electron chi connectivity index (χ4n) is 2.40. The van der Waals surface area contributed by atoms with Crippen LogP contribution in [-0.2, 0) is 14.3 Å². The van der Waals surface area contributed by atoms with Crippen LogP contribution in [0, 0.1) is 5.92 Å². The summed E-state index contributed by atoms with van der Waals surface area (Å²) in [7, 11) is 1.57. The van der Waals surface area contributed by atoms with E-state index >= 15 is 0 Å². The van der Waals surface area contributed by atoms with Gasteiger partial charge in [-0.25, -0.2) is 4.79 Å². The van der Waals surface area contributed by atoms with Crippen molar-refractivity contribution in [1.29, 1.82) is 0 Å². The van der Waals surface area contributed by atoms with Crippen LogP contribution in [-0.4, -0.2) is 67.3 Å². The lowest BCUT2D eigenvalue weighted by Gasteiger charge is -2.37. The van der Waals surface area contributed by atoms with E-state index in [1.807, 2.05) is 6.92 Å². The highest BCUT2D eigenvalue weighted by Gasteiger charge is 2.32. The molecule has 8 nitrogen and oxygen atoms in total. The number of ether oxygens (including phenoxy) is 1. The molecule has 0 bridgehead atoms. The van der Waals surface area contributed by atoms with Crippen molar-refractivity contribution in [3.63, 3.8) is 0 Å². The summed E-state index contributed by atoms with van der Waals surface area (Å²) in [6.07, 6.45) is 1.36. The molecule has 0 spiro atoms. The molecule has 3 N–H and O–H groups in total. The van der Waals surface area contributed by atoms with E-state index in [-0.39, 0.29) is 36.9 Å². The van der Waals surface area contributed by atoms with Crippen molar-refractivity contribution in [3.8, 4) is 0 Å². The van der Waals surface area contributed by atoms with Gasteiger partial charge in [0, 0.05) is 32.8 Å². The van der Waals surface area contributed by atoms with E-state index in [0.717, 1.165) is 12.8 Å². The number of hydrogen-bond donors (Lipinski definition) is 3. The molecule has 1 rings (SSSR count). The average molecular weight is 315 g/mol. The summed E-state index contributed by atoms with van der Waals surface area (Å²) in [6, 6.07) is -0.281. The number of carbonyl (C=O) groups excluding carboxylic acids is 2. The third kappa shape index (κ3) is 5.88. The molecule has 22 heavy (non-hydrogen) atoms. The van der Waals surface area contributed by atoms with Crippen molar-refractivity contribution >= 4 is 17.9 Å². The van der Waals surface area contributed by atoms with Gasteiger partial charge in [0.25, 0.3) is 0 Å². The summed E-state index contributed by atoms with van der Waals surface area (Å²) in [5.41, 5.74) is 0. The largest absolute Gasteiger partial charge is 0.481 e. The Balaban J connectivity index is 2.46. The minimum atomic E-state index is -0.956. The summed E-state index contributed by atoms with van der Waals surface area (Å²) < 4.78 is 4.88. The number of rotatable bonds is 7. The number of hydrogen-bond acceptors (Lipinski definition) is 4. The molecule has 1 aliphatic heterocycles. The van der Waals surface area contributed by atoms with Crippen LogP contribution >= 0.6 is 0 Å². The molecule has 1 aliphatic rings. The van der Waals surface area contributed by atoms with Gasteiger partial charge in [0.15, 0.2) is 0 Å². The Hall–Kier alpha value is -1.83. The maximum absolute atomic E-state index is 12.1. The fourth-order valence-corrected chi connectivity index (χ4v) is 2.40. The van der Waals surface area contributed by atoms with Gasteiger partial charge in [-0.05, 0) is 19.8 Å². The van der Waals surface area contributed by atoms with Crippen molar-refractivity contribution in [1.82, 2.24) is 15.5 Å². The Kier molecular flexibility index (Phi) is 7.65. The maximum atomic E-state index is 12.1. The molecule has 1 heterocycles. The summed E-state index contributed by atoms with van der Waals surface area (Å²) in [6.45, 7) is 3.26. The molecule has 0 aromatic rings. The van der Waals surface area contributed by atoms with Gasteiger partial charge < -0.3 is 25.4 Å². The predicted octanol–water partition coefficient (Wildman–Crippen LogP) is 0.0338. The minimum absolute atomic E-state index is 0.0350. The van der Waals surface area contributed by atoms with Gasteiger partial charge in [-0.15, -0.1) is 0 Å². The molecule has 3 amide bonds. The lowest BCUT2D eigenvalue weighted by molar-refractivity contribution is -0.136. The first-order valence-electron chi connectivity index (χ1n) is 7.48. The topological polar surface area (TPSA) is 108 Å². The number of carboxylic acids is 1. The molecule has 0 aromatic heterocycles. The fraction of sp³-hybridized carbons (Fsp3) is 0.786. The first-order valence-corrected chi connectivity index (χ1v) is 7.48. The number of nitrogens with one attached hydrogen (secondary N) is 2. The number of amides is 3. The molecule has 0 radical (unpaired) electrons. The first kappa shape index (κ1) is 18.2. The number of methoxy groups -OCH3 is 1. The first-order chi connectivity index (χ1) is 10.5. The molecule has 2 atom stereocenters. The number of carboxylic acid groups (broad SMARTS) is 1. The minimum Gasteiger partial charge on any atom is -0.481 e. The Labute approximate surface area is 130 Å². The van der Waals surface area contributed by atoms with Crippen molar-refractivity contribution in [2.75, 3.05) is 33.4 Å². The van der Waals surface area contributed by atoms with Gasteiger partial charge in [0.05, 0.1) is 18.9 Å². The summed E-state index contributed by atoms with van der Waals surface area (Å²) >= 11 is 0. The van der Waals surface area contributed by atoms with Crippen LogP contribution in [0.2, 0.25) is 0 Å². The molecule has 1 saturated heterocycles. The summed E-state index contributed by atoms with van der Waals surface area (Å²) in [5.74, 6) is -1.27. The van der Waals surface area contributed by atoms with Crippen molar-refractivity contribution in [2.45, 2.75) is 32.2 Å². The van der Waals surface area contributed by atoms with E-state index in [2.05, 4.69) is 10.6 Å². The normalized spacial score (nSPS) is 21.3. The van der Waals surface area contributed by atoms with Crippen LogP contribution in [0.3, 0.4) is 0 Å². The van der Waals surface area contributed by atoms with Crippen LogP contribution in [0.5, 0.6) is 0 Å². The quantitative estimate of drug-likeness (QED) is 0.575. The highest BCUT2D eigenvalue weighted by molar-refractivity contribution is 5.81. The number of nitrogens with zero attached hydrogens (tertiary/aromatic N) is 1. The van der Waals surface area contributed by atoms with Crippen LogP contribution in [0.4, 0.5) is 4.79 Å². The van der Waals surface area contributed by atoms with Crippen LogP contribution in [0.1, 0.15) is 26.2 Å². The second kappa shape index (κ2) is 9.24. The highest BCUT2D eigenvalue weighted by atomic mass is 16.5. The SMILES string of the molecule is COCCNC(=O)C1CCC(C)N(C(=O)NCCC(=O)O)C1. The van der Waals surface area contributed by atoms with E-state index in [1.165, 1.54) is 0 Å². The Morgan fingerprint density at radius 1 is 1.23 bits per heavy atom. The summed E-state index contributed by atoms with van der Waals surface area (Å²) in [5, 5.41) is 13.9. The molecule has 8 heteroatoms. The van der Waals surface area contributed by atoms with E-state index < -0.39 is 5.97 Å². The number of carbonyl (C=O) groups is 3. The van der Waals surface area contributed by atoms with E-state index in [0.29, 0.717) is 19.7 Å². The molecule has 126 valence electrons. The molecular formula is C14H25N3O5. The second-order valence-corrected chi connectivity index (χ2v) is 5.44. The van der Waals surface area contributed by atoms with E-state index in [9.17, 15) is 14.4 Å². The molecule has 0 saturated carbocycles. The van der Waals surface area contributed by atoms with Crippen LogP contribution in [0.25, 0.3) is 0 Å². The van der Waals surface area contributed by atoms with Crippen molar-refractivity contribution < 1.29 is 24.2 Å². The second-order valence-electron chi connectivity index (χ2n) is 5.44. The van der Waals surface area contributed by atoms with Crippen molar-refractivity contribution in [2.24, 2.45) is 5.92 Å². The van der Waals surface area contributed by atoms with Crippen LogP contribution < -0.4 is 10.6 Å². The smallest absolute Gasteiger partial charge is 0.317 e. The Morgan fingerprint density at radius 3 is 2.59 bits per heavy atom. The predicted molar refractivity (Wildman–Crippen MR) is 79.4 cm³/mol.